The van der Waals surface area contributed by atoms with Gasteiger partial charge in [-0.1, -0.05) is 0 Å². The Morgan fingerprint density at radius 1 is 1.47 bits per heavy atom. The predicted molar refractivity (Wildman–Crippen MR) is 75.8 cm³/mol. The molecule has 0 radical (unpaired) electrons. The molecule has 1 aliphatic heterocycles. The Labute approximate surface area is 114 Å². The molecular weight excluding hydrogens is 243 g/mol. The summed E-state index contributed by atoms with van der Waals surface area (Å²) in [6.07, 6.45) is 1.74. The number of aliphatic hydroxyl groups is 1. The van der Waals surface area contributed by atoms with E-state index in [9.17, 15) is 9.50 Å². The van der Waals surface area contributed by atoms with Gasteiger partial charge in [0.15, 0.2) is 0 Å². The van der Waals surface area contributed by atoms with Crippen molar-refractivity contribution < 1.29 is 9.50 Å². The van der Waals surface area contributed by atoms with Crippen molar-refractivity contribution in [3.8, 4) is 0 Å². The second-order valence-corrected chi connectivity index (χ2v) is 5.97. The highest BCUT2D eigenvalue weighted by atomic mass is 19.1. The van der Waals surface area contributed by atoms with Crippen LogP contribution in [0.1, 0.15) is 43.9 Å². The lowest BCUT2D eigenvalue weighted by Gasteiger charge is -2.39. The third-order valence-corrected chi connectivity index (χ3v) is 3.81. The monoisotopic (exact) mass is 266 g/mol. The van der Waals surface area contributed by atoms with Crippen molar-refractivity contribution in [2.75, 3.05) is 18.0 Å². The molecule has 2 rings (SSSR count). The first-order chi connectivity index (χ1) is 8.80. The van der Waals surface area contributed by atoms with Crippen LogP contribution in [0.15, 0.2) is 12.1 Å². The number of hydrogen-bond acceptors (Lipinski definition) is 3. The third-order valence-electron chi connectivity index (χ3n) is 3.81. The molecule has 1 unspecified atom stereocenters. The minimum absolute atomic E-state index is 0.222. The van der Waals surface area contributed by atoms with Gasteiger partial charge in [0.2, 0.25) is 0 Å². The zero-order valence-electron chi connectivity index (χ0n) is 11.9. The molecule has 2 atom stereocenters. The molecule has 3 nitrogen and oxygen atoms in total. The molecule has 1 saturated heterocycles. The number of β-amino-alcohol motifs (C(OH)–C–C–N with tert-alkyl or cyclic N) is 1. The Balaban J connectivity index is 2.40. The molecule has 1 heterocycles. The van der Waals surface area contributed by atoms with E-state index >= 15 is 0 Å². The van der Waals surface area contributed by atoms with Crippen molar-refractivity contribution in [3.05, 3.63) is 29.1 Å². The molecule has 4 heteroatoms. The number of piperidine rings is 1. The highest BCUT2D eigenvalue weighted by Crippen LogP contribution is 2.32. The summed E-state index contributed by atoms with van der Waals surface area (Å²) in [6, 6.07) is 3.14. The quantitative estimate of drug-likeness (QED) is 0.864. The Morgan fingerprint density at radius 2 is 2.16 bits per heavy atom. The van der Waals surface area contributed by atoms with Crippen LogP contribution >= 0.6 is 0 Å². The molecule has 1 aromatic rings. The van der Waals surface area contributed by atoms with Gasteiger partial charge in [0.1, 0.15) is 5.82 Å². The SMILES string of the molecule is Cc1cc(N2CCCC(C)(O)C2)c([C@@H](C)N)cc1F. The van der Waals surface area contributed by atoms with E-state index in [0.717, 1.165) is 30.6 Å². The molecule has 1 aliphatic rings. The lowest BCUT2D eigenvalue weighted by atomic mass is 9.93. The fourth-order valence-electron chi connectivity index (χ4n) is 2.75. The number of anilines is 1. The molecular formula is C15H23FN2O. The summed E-state index contributed by atoms with van der Waals surface area (Å²) in [4.78, 5) is 2.12. The minimum Gasteiger partial charge on any atom is -0.388 e. The van der Waals surface area contributed by atoms with Gasteiger partial charge in [0.25, 0.3) is 0 Å². The zero-order valence-corrected chi connectivity index (χ0v) is 11.9. The summed E-state index contributed by atoms with van der Waals surface area (Å²) in [5.74, 6) is -0.222. The van der Waals surface area contributed by atoms with Crippen LogP contribution in [0.3, 0.4) is 0 Å². The maximum absolute atomic E-state index is 13.7. The van der Waals surface area contributed by atoms with Crippen LogP contribution in [0.4, 0.5) is 10.1 Å². The van der Waals surface area contributed by atoms with Gasteiger partial charge in [-0.05, 0) is 56.9 Å². The van der Waals surface area contributed by atoms with E-state index in [1.165, 1.54) is 6.07 Å². The topological polar surface area (TPSA) is 49.5 Å². The van der Waals surface area contributed by atoms with Gasteiger partial charge in [0.05, 0.1) is 5.60 Å². The van der Waals surface area contributed by atoms with Crippen molar-refractivity contribution in [3.63, 3.8) is 0 Å². The van der Waals surface area contributed by atoms with E-state index in [1.54, 1.807) is 6.92 Å². The van der Waals surface area contributed by atoms with Gasteiger partial charge in [-0.2, -0.15) is 0 Å². The standard InChI is InChI=1S/C15H23FN2O/c1-10-7-14(12(11(2)17)8-13(10)16)18-6-4-5-15(3,19)9-18/h7-8,11,19H,4-6,9,17H2,1-3H3/t11-,15?/m1/s1. The van der Waals surface area contributed by atoms with E-state index in [4.69, 9.17) is 5.73 Å². The molecule has 106 valence electrons. The second-order valence-electron chi connectivity index (χ2n) is 5.97. The first-order valence-electron chi connectivity index (χ1n) is 6.83. The van der Waals surface area contributed by atoms with Crippen LogP contribution in [0.25, 0.3) is 0 Å². The number of rotatable bonds is 2. The molecule has 19 heavy (non-hydrogen) atoms. The largest absolute Gasteiger partial charge is 0.388 e. The Hall–Kier alpha value is -1.13. The Morgan fingerprint density at radius 3 is 2.74 bits per heavy atom. The second kappa shape index (κ2) is 5.10. The van der Waals surface area contributed by atoms with Crippen molar-refractivity contribution >= 4 is 5.69 Å². The maximum Gasteiger partial charge on any atom is 0.126 e. The summed E-state index contributed by atoms with van der Waals surface area (Å²) in [5, 5.41) is 10.2. The summed E-state index contributed by atoms with van der Waals surface area (Å²) in [6.45, 7) is 6.90. The van der Waals surface area contributed by atoms with Crippen molar-refractivity contribution in [1.29, 1.82) is 0 Å². The summed E-state index contributed by atoms with van der Waals surface area (Å²) in [5.41, 5.74) is 7.64. The van der Waals surface area contributed by atoms with Crippen LogP contribution < -0.4 is 10.6 Å². The number of nitrogens with two attached hydrogens (primary N) is 1. The van der Waals surface area contributed by atoms with Gasteiger partial charge < -0.3 is 15.7 Å². The Bertz CT molecular complexity index is 471. The molecule has 3 N–H and O–H groups in total. The average molecular weight is 266 g/mol. The van der Waals surface area contributed by atoms with E-state index in [1.807, 2.05) is 19.9 Å². The fourth-order valence-corrected chi connectivity index (χ4v) is 2.75. The lowest BCUT2D eigenvalue weighted by Crippen LogP contribution is -2.46. The van der Waals surface area contributed by atoms with Crippen molar-refractivity contribution in [2.24, 2.45) is 5.73 Å². The number of nitrogens with zero attached hydrogens (tertiary/aromatic N) is 1. The van der Waals surface area contributed by atoms with Gasteiger partial charge in [-0.25, -0.2) is 4.39 Å². The van der Waals surface area contributed by atoms with E-state index in [0.29, 0.717) is 12.1 Å². The normalized spacial score (nSPS) is 25.5. The van der Waals surface area contributed by atoms with E-state index in [2.05, 4.69) is 4.90 Å². The van der Waals surface area contributed by atoms with Gasteiger partial charge in [-0.15, -0.1) is 0 Å². The van der Waals surface area contributed by atoms with Gasteiger partial charge >= 0.3 is 0 Å². The first-order valence-corrected chi connectivity index (χ1v) is 6.83. The van der Waals surface area contributed by atoms with E-state index in [-0.39, 0.29) is 11.9 Å². The summed E-state index contributed by atoms with van der Waals surface area (Å²) in [7, 11) is 0. The molecule has 0 spiro atoms. The van der Waals surface area contributed by atoms with E-state index < -0.39 is 5.60 Å². The molecule has 0 saturated carbocycles. The molecule has 0 bridgehead atoms. The summed E-state index contributed by atoms with van der Waals surface area (Å²) < 4.78 is 13.7. The molecule has 0 aliphatic carbocycles. The smallest absolute Gasteiger partial charge is 0.126 e. The van der Waals surface area contributed by atoms with Gasteiger partial charge in [0, 0.05) is 24.8 Å². The number of aryl methyl sites for hydroxylation is 1. The highest BCUT2D eigenvalue weighted by molar-refractivity contribution is 5.57. The van der Waals surface area contributed by atoms with Crippen LogP contribution in [0.2, 0.25) is 0 Å². The van der Waals surface area contributed by atoms with Crippen LogP contribution in [-0.2, 0) is 0 Å². The van der Waals surface area contributed by atoms with Crippen LogP contribution in [0, 0.1) is 12.7 Å². The molecule has 0 aromatic heterocycles. The number of hydrogen-bond donors (Lipinski definition) is 2. The average Bonchev–Trinajstić information content (AvgIpc) is 2.30. The summed E-state index contributed by atoms with van der Waals surface area (Å²) >= 11 is 0. The number of halogens is 1. The first kappa shape index (κ1) is 14.3. The third kappa shape index (κ3) is 3.07. The van der Waals surface area contributed by atoms with Crippen LogP contribution in [-0.4, -0.2) is 23.8 Å². The maximum atomic E-state index is 13.7. The Kier molecular flexibility index (Phi) is 3.83. The predicted octanol–water partition coefficient (Wildman–Crippen LogP) is 2.51. The minimum atomic E-state index is -0.685. The highest BCUT2D eigenvalue weighted by Gasteiger charge is 2.30. The number of benzene rings is 1. The zero-order chi connectivity index (χ0) is 14.2. The molecule has 1 aromatic carbocycles. The lowest BCUT2D eigenvalue weighted by molar-refractivity contribution is 0.0448. The van der Waals surface area contributed by atoms with Crippen molar-refractivity contribution in [2.45, 2.75) is 45.3 Å². The van der Waals surface area contributed by atoms with Crippen LogP contribution in [0.5, 0.6) is 0 Å². The molecule has 1 fully saturated rings. The van der Waals surface area contributed by atoms with Gasteiger partial charge in [-0.3, -0.25) is 0 Å². The molecule has 0 amide bonds. The fraction of sp³-hybridized carbons (Fsp3) is 0.600. The van der Waals surface area contributed by atoms with Crippen molar-refractivity contribution in [1.82, 2.24) is 0 Å².